The number of nitrogens with zero attached hydrogens (tertiary/aromatic N) is 1. The average Bonchev–Trinajstić information content (AvgIpc) is 2.42. The minimum absolute atomic E-state index is 0.170. The summed E-state index contributed by atoms with van der Waals surface area (Å²) in [6.45, 7) is 2.85. The summed E-state index contributed by atoms with van der Waals surface area (Å²) in [6, 6.07) is 9.95. The van der Waals surface area contributed by atoms with Gasteiger partial charge in [-0.15, -0.1) is 0 Å². The van der Waals surface area contributed by atoms with Gasteiger partial charge in [0.25, 0.3) is 5.92 Å². The van der Waals surface area contributed by atoms with Crippen LogP contribution in [0.3, 0.4) is 0 Å². The van der Waals surface area contributed by atoms with E-state index in [0.29, 0.717) is 13.1 Å². The van der Waals surface area contributed by atoms with E-state index in [-0.39, 0.29) is 13.0 Å². The standard InChI is InChI=1S/C16H21F2NO/c1-13(9-14-5-3-2-4-6-14)10-19-8-7-16(17,18)15(11-19)12-20/h2-6,9,15,20H,7-8,10-12H2,1H3/b13-9+. The normalized spacial score (nSPS) is 23.8. The number of alkyl halides is 2. The van der Waals surface area contributed by atoms with Crippen LogP contribution in [0.15, 0.2) is 35.9 Å². The summed E-state index contributed by atoms with van der Waals surface area (Å²) in [5.41, 5.74) is 2.25. The summed E-state index contributed by atoms with van der Waals surface area (Å²) in [5.74, 6) is -3.68. The maximum absolute atomic E-state index is 13.5. The predicted molar refractivity (Wildman–Crippen MR) is 76.7 cm³/mol. The lowest BCUT2D eigenvalue weighted by atomic mass is 9.94. The smallest absolute Gasteiger partial charge is 0.255 e. The highest BCUT2D eigenvalue weighted by atomic mass is 19.3. The molecular formula is C16H21F2NO. The molecule has 0 amide bonds. The zero-order valence-corrected chi connectivity index (χ0v) is 11.7. The van der Waals surface area contributed by atoms with Crippen molar-refractivity contribution in [1.29, 1.82) is 0 Å². The third-order valence-electron chi connectivity index (χ3n) is 3.74. The predicted octanol–water partition coefficient (Wildman–Crippen LogP) is 3.04. The second-order valence-corrected chi connectivity index (χ2v) is 5.53. The minimum Gasteiger partial charge on any atom is -0.396 e. The van der Waals surface area contributed by atoms with Gasteiger partial charge < -0.3 is 5.11 Å². The van der Waals surface area contributed by atoms with Crippen LogP contribution < -0.4 is 0 Å². The van der Waals surface area contributed by atoms with Gasteiger partial charge in [-0.05, 0) is 12.5 Å². The molecule has 1 heterocycles. The maximum atomic E-state index is 13.5. The Labute approximate surface area is 118 Å². The summed E-state index contributed by atoms with van der Waals surface area (Å²) in [6.07, 6.45) is 1.90. The number of benzene rings is 1. The molecule has 0 bridgehead atoms. The van der Waals surface area contributed by atoms with E-state index in [9.17, 15) is 8.78 Å². The van der Waals surface area contributed by atoms with Crippen molar-refractivity contribution in [2.24, 2.45) is 5.92 Å². The van der Waals surface area contributed by atoms with E-state index < -0.39 is 18.4 Å². The fourth-order valence-electron chi connectivity index (χ4n) is 2.61. The Balaban J connectivity index is 1.95. The molecule has 0 radical (unpaired) electrons. The number of rotatable bonds is 4. The van der Waals surface area contributed by atoms with Crippen LogP contribution in [-0.4, -0.2) is 42.2 Å². The van der Waals surface area contributed by atoms with Crippen molar-refractivity contribution in [3.05, 3.63) is 41.5 Å². The van der Waals surface area contributed by atoms with E-state index in [1.165, 1.54) is 0 Å². The van der Waals surface area contributed by atoms with Gasteiger partial charge in [0.05, 0.1) is 12.5 Å². The first kappa shape index (κ1) is 15.1. The Morgan fingerprint density at radius 3 is 2.75 bits per heavy atom. The Kier molecular flexibility index (Phi) is 4.89. The number of hydrogen-bond acceptors (Lipinski definition) is 2. The molecular weight excluding hydrogens is 260 g/mol. The van der Waals surface area contributed by atoms with Crippen LogP contribution in [0, 0.1) is 5.92 Å². The molecule has 4 heteroatoms. The molecule has 1 saturated heterocycles. The van der Waals surface area contributed by atoms with Gasteiger partial charge in [0.2, 0.25) is 0 Å². The summed E-state index contributed by atoms with van der Waals surface area (Å²) in [4.78, 5) is 1.99. The second kappa shape index (κ2) is 6.46. The second-order valence-electron chi connectivity index (χ2n) is 5.53. The molecule has 1 aromatic carbocycles. The monoisotopic (exact) mass is 281 g/mol. The van der Waals surface area contributed by atoms with Crippen molar-refractivity contribution in [2.75, 3.05) is 26.2 Å². The lowest BCUT2D eigenvalue weighted by Crippen LogP contribution is -2.48. The topological polar surface area (TPSA) is 23.5 Å². The number of aliphatic hydroxyl groups excluding tert-OH is 1. The minimum atomic E-state index is -2.73. The van der Waals surface area contributed by atoms with E-state index in [0.717, 1.165) is 11.1 Å². The highest BCUT2D eigenvalue weighted by Gasteiger charge is 2.43. The van der Waals surface area contributed by atoms with E-state index in [2.05, 4.69) is 6.08 Å². The van der Waals surface area contributed by atoms with Crippen LogP contribution in [0.4, 0.5) is 8.78 Å². The van der Waals surface area contributed by atoms with Gasteiger partial charge in [-0.25, -0.2) is 8.78 Å². The summed E-state index contributed by atoms with van der Waals surface area (Å²) >= 11 is 0. The first-order valence-electron chi connectivity index (χ1n) is 6.94. The fraction of sp³-hybridized carbons (Fsp3) is 0.500. The van der Waals surface area contributed by atoms with Gasteiger partial charge in [-0.3, -0.25) is 4.90 Å². The van der Waals surface area contributed by atoms with Crippen LogP contribution in [0.1, 0.15) is 18.9 Å². The number of likely N-dealkylation sites (tertiary alicyclic amines) is 1. The van der Waals surface area contributed by atoms with Gasteiger partial charge in [0, 0.05) is 26.1 Å². The third kappa shape index (κ3) is 3.87. The molecule has 1 aliphatic heterocycles. The molecule has 20 heavy (non-hydrogen) atoms. The summed E-state index contributed by atoms with van der Waals surface area (Å²) in [7, 11) is 0. The summed E-state index contributed by atoms with van der Waals surface area (Å²) < 4.78 is 27.1. The Morgan fingerprint density at radius 1 is 1.40 bits per heavy atom. The molecule has 1 aliphatic rings. The van der Waals surface area contributed by atoms with Gasteiger partial charge in [0.1, 0.15) is 0 Å². The van der Waals surface area contributed by atoms with Crippen molar-refractivity contribution < 1.29 is 13.9 Å². The Hall–Kier alpha value is -1.26. The van der Waals surface area contributed by atoms with Crippen molar-refractivity contribution in [2.45, 2.75) is 19.3 Å². The molecule has 0 saturated carbocycles. The van der Waals surface area contributed by atoms with E-state index >= 15 is 0 Å². The van der Waals surface area contributed by atoms with Crippen LogP contribution in [0.5, 0.6) is 0 Å². The van der Waals surface area contributed by atoms with Crippen molar-refractivity contribution in [1.82, 2.24) is 4.90 Å². The molecule has 1 fully saturated rings. The van der Waals surface area contributed by atoms with Gasteiger partial charge in [0.15, 0.2) is 0 Å². The van der Waals surface area contributed by atoms with Crippen LogP contribution >= 0.6 is 0 Å². The van der Waals surface area contributed by atoms with Gasteiger partial charge in [-0.2, -0.15) is 0 Å². The van der Waals surface area contributed by atoms with Crippen molar-refractivity contribution >= 4 is 6.08 Å². The van der Waals surface area contributed by atoms with Crippen molar-refractivity contribution in [3.63, 3.8) is 0 Å². The zero-order valence-electron chi connectivity index (χ0n) is 11.7. The third-order valence-corrected chi connectivity index (χ3v) is 3.74. The first-order chi connectivity index (χ1) is 9.51. The fourth-order valence-corrected chi connectivity index (χ4v) is 2.61. The van der Waals surface area contributed by atoms with Crippen LogP contribution in [0.25, 0.3) is 6.08 Å². The number of halogens is 2. The molecule has 0 aliphatic carbocycles. The molecule has 1 unspecified atom stereocenters. The van der Waals surface area contributed by atoms with E-state index in [1.54, 1.807) is 0 Å². The summed E-state index contributed by atoms with van der Waals surface area (Å²) in [5, 5.41) is 9.09. The highest BCUT2D eigenvalue weighted by Crippen LogP contribution is 2.33. The Bertz CT molecular complexity index is 459. The van der Waals surface area contributed by atoms with Crippen LogP contribution in [0.2, 0.25) is 0 Å². The highest BCUT2D eigenvalue weighted by molar-refractivity contribution is 5.52. The molecule has 2 nitrogen and oxygen atoms in total. The largest absolute Gasteiger partial charge is 0.396 e. The number of aliphatic hydroxyl groups is 1. The quantitative estimate of drug-likeness (QED) is 0.917. The van der Waals surface area contributed by atoms with Gasteiger partial charge >= 0.3 is 0 Å². The maximum Gasteiger partial charge on any atom is 0.255 e. The molecule has 0 spiro atoms. The molecule has 0 aromatic heterocycles. The molecule has 110 valence electrons. The molecule has 1 aromatic rings. The van der Waals surface area contributed by atoms with Crippen molar-refractivity contribution in [3.8, 4) is 0 Å². The molecule has 1 atom stereocenters. The van der Waals surface area contributed by atoms with Gasteiger partial charge in [-0.1, -0.05) is 42.0 Å². The number of hydrogen-bond donors (Lipinski definition) is 1. The van der Waals surface area contributed by atoms with E-state index in [4.69, 9.17) is 5.11 Å². The zero-order chi connectivity index (χ0) is 14.6. The first-order valence-corrected chi connectivity index (χ1v) is 6.94. The lowest BCUT2D eigenvalue weighted by Gasteiger charge is -2.37. The SMILES string of the molecule is C/C(=C\c1ccccc1)CN1CCC(F)(F)C(CO)C1. The van der Waals surface area contributed by atoms with E-state index in [1.807, 2.05) is 42.2 Å². The average molecular weight is 281 g/mol. The Morgan fingerprint density at radius 2 is 2.10 bits per heavy atom. The molecule has 1 N–H and O–H groups in total. The lowest BCUT2D eigenvalue weighted by molar-refractivity contribution is -0.118. The van der Waals surface area contributed by atoms with Crippen LogP contribution in [-0.2, 0) is 0 Å². The number of piperidine rings is 1. The molecule has 2 rings (SSSR count).